The van der Waals surface area contributed by atoms with Gasteiger partial charge in [0.15, 0.2) is 0 Å². The summed E-state index contributed by atoms with van der Waals surface area (Å²) >= 11 is 0. The number of ether oxygens (including phenoxy) is 1. The molecule has 0 atom stereocenters. The monoisotopic (exact) mass is 272 g/mol. The van der Waals surface area contributed by atoms with E-state index in [0.29, 0.717) is 12.7 Å². The van der Waals surface area contributed by atoms with Crippen molar-refractivity contribution in [3.05, 3.63) is 48.3 Å². The highest BCUT2D eigenvalue weighted by Gasteiger charge is 2.20. The molecule has 1 aliphatic heterocycles. The minimum Gasteiger partial charge on any atom is -0.373 e. The van der Waals surface area contributed by atoms with Gasteiger partial charge < -0.3 is 9.72 Å². The summed E-state index contributed by atoms with van der Waals surface area (Å²) in [6.45, 7) is 3.70. The maximum absolute atomic E-state index is 5.96. The van der Waals surface area contributed by atoms with E-state index < -0.39 is 0 Å². The third-order valence-corrected chi connectivity index (χ3v) is 3.67. The van der Waals surface area contributed by atoms with E-state index >= 15 is 0 Å². The van der Waals surface area contributed by atoms with Crippen LogP contribution in [0.5, 0.6) is 0 Å². The molecule has 1 aliphatic rings. The molecule has 5 heteroatoms. The highest BCUT2D eigenvalue weighted by molar-refractivity contribution is 5.06. The van der Waals surface area contributed by atoms with Gasteiger partial charge in [-0.25, -0.2) is 4.98 Å². The zero-order valence-corrected chi connectivity index (χ0v) is 11.5. The number of nitrogens with zero attached hydrogens (tertiary/aromatic N) is 3. The molecule has 1 saturated heterocycles. The van der Waals surface area contributed by atoms with Crippen LogP contribution in [0, 0.1) is 0 Å². The Morgan fingerprint density at radius 2 is 2.20 bits per heavy atom. The lowest BCUT2D eigenvalue weighted by Crippen LogP contribution is -2.36. The van der Waals surface area contributed by atoms with E-state index in [9.17, 15) is 0 Å². The first-order chi connectivity index (χ1) is 9.90. The molecule has 106 valence electrons. The number of aromatic amines is 1. The van der Waals surface area contributed by atoms with E-state index in [4.69, 9.17) is 4.74 Å². The lowest BCUT2D eigenvalue weighted by molar-refractivity contribution is -0.00442. The second-order valence-electron chi connectivity index (χ2n) is 5.18. The summed E-state index contributed by atoms with van der Waals surface area (Å²) in [6, 6.07) is 4.00. The van der Waals surface area contributed by atoms with Crippen LogP contribution in [0.2, 0.25) is 0 Å². The Morgan fingerprint density at radius 3 is 2.90 bits per heavy atom. The fourth-order valence-electron chi connectivity index (χ4n) is 2.53. The van der Waals surface area contributed by atoms with Gasteiger partial charge in [-0.1, -0.05) is 6.07 Å². The molecule has 1 fully saturated rings. The Labute approximate surface area is 119 Å². The van der Waals surface area contributed by atoms with Crippen LogP contribution in [0.4, 0.5) is 0 Å². The maximum atomic E-state index is 5.96. The van der Waals surface area contributed by atoms with Crippen molar-refractivity contribution < 1.29 is 4.74 Å². The molecule has 0 amide bonds. The third-order valence-electron chi connectivity index (χ3n) is 3.67. The first-order valence-electron chi connectivity index (χ1n) is 7.11. The molecule has 0 radical (unpaired) electrons. The van der Waals surface area contributed by atoms with Gasteiger partial charge in [-0.15, -0.1) is 0 Å². The van der Waals surface area contributed by atoms with Crippen LogP contribution in [-0.4, -0.2) is 39.0 Å². The van der Waals surface area contributed by atoms with Gasteiger partial charge in [-0.2, -0.15) is 0 Å². The Hall–Kier alpha value is -1.72. The molecule has 1 N–H and O–H groups in total. The van der Waals surface area contributed by atoms with Gasteiger partial charge in [0.25, 0.3) is 0 Å². The number of nitrogens with one attached hydrogen (secondary N) is 1. The summed E-state index contributed by atoms with van der Waals surface area (Å²) in [4.78, 5) is 13.9. The zero-order chi connectivity index (χ0) is 13.6. The number of H-pyrrole nitrogens is 1. The van der Waals surface area contributed by atoms with Crippen LogP contribution in [0.3, 0.4) is 0 Å². The van der Waals surface area contributed by atoms with Crippen molar-refractivity contribution in [2.45, 2.75) is 32.1 Å². The Balaban J connectivity index is 1.40. The fraction of sp³-hybridized carbons (Fsp3) is 0.467. The molecule has 5 nitrogen and oxygen atoms in total. The minimum absolute atomic E-state index is 0.364. The van der Waals surface area contributed by atoms with Gasteiger partial charge in [-0.05, 0) is 24.5 Å². The molecule has 20 heavy (non-hydrogen) atoms. The fourth-order valence-corrected chi connectivity index (χ4v) is 2.53. The van der Waals surface area contributed by atoms with E-state index in [1.165, 1.54) is 0 Å². The average molecular weight is 272 g/mol. The molecule has 3 rings (SSSR count). The number of imidazole rings is 1. The predicted molar refractivity (Wildman–Crippen MR) is 75.9 cm³/mol. The van der Waals surface area contributed by atoms with E-state index in [1.54, 1.807) is 12.4 Å². The second-order valence-corrected chi connectivity index (χ2v) is 5.18. The molecule has 0 spiro atoms. The van der Waals surface area contributed by atoms with E-state index in [-0.39, 0.29) is 0 Å². The number of hydrogen-bond donors (Lipinski definition) is 1. The largest absolute Gasteiger partial charge is 0.373 e. The van der Waals surface area contributed by atoms with Crippen LogP contribution < -0.4 is 0 Å². The number of likely N-dealkylation sites (tertiary alicyclic amines) is 1. The molecular formula is C15H20N4O. The summed E-state index contributed by atoms with van der Waals surface area (Å²) < 4.78 is 5.96. The summed E-state index contributed by atoms with van der Waals surface area (Å²) in [5, 5.41) is 0. The van der Waals surface area contributed by atoms with Crippen molar-refractivity contribution in [3.63, 3.8) is 0 Å². The van der Waals surface area contributed by atoms with Crippen molar-refractivity contribution in [2.24, 2.45) is 0 Å². The van der Waals surface area contributed by atoms with Crippen LogP contribution in [-0.2, 0) is 17.9 Å². The summed E-state index contributed by atoms with van der Waals surface area (Å²) in [7, 11) is 0. The Bertz CT molecular complexity index is 492. The number of rotatable bonds is 5. The number of aromatic nitrogens is 3. The predicted octanol–water partition coefficient (Wildman–Crippen LogP) is 1.99. The van der Waals surface area contributed by atoms with Crippen molar-refractivity contribution in [2.75, 3.05) is 13.1 Å². The van der Waals surface area contributed by atoms with Crippen LogP contribution in [0.15, 0.2) is 36.9 Å². The lowest BCUT2D eigenvalue weighted by Gasteiger charge is -2.31. The smallest absolute Gasteiger partial charge is 0.120 e. The maximum Gasteiger partial charge on any atom is 0.120 e. The summed E-state index contributed by atoms with van der Waals surface area (Å²) in [5.41, 5.74) is 1.14. The molecular weight excluding hydrogens is 252 g/mol. The number of piperidine rings is 1. The highest BCUT2D eigenvalue weighted by Crippen LogP contribution is 2.16. The molecule has 2 aromatic heterocycles. The van der Waals surface area contributed by atoms with Gasteiger partial charge in [0.1, 0.15) is 5.82 Å². The van der Waals surface area contributed by atoms with Gasteiger partial charge in [0.2, 0.25) is 0 Å². The standard InChI is InChI=1S/C15H20N4O/c1-2-13(10-16-5-1)12-20-14-3-8-19(9-4-14)11-15-17-6-7-18-15/h1-2,5-7,10,14H,3-4,8-9,11-12H2,(H,17,18). The second kappa shape index (κ2) is 6.63. The van der Waals surface area contributed by atoms with E-state index in [0.717, 1.165) is 43.9 Å². The quantitative estimate of drug-likeness (QED) is 0.904. The van der Waals surface area contributed by atoms with Gasteiger partial charge in [0, 0.05) is 37.9 Å². The number of hydrogen-bond acceptors (Lipinski definition) is 4. The third kappa shape index (κ3) is 3.65. The average Bonchev–Trinajstić information content (AvgIpc) is 3.01. The first kappa shape index (κ1) is 13.3. The molecule has 0 saturated carbocycles. The van der Waals surface area contributed by atoms with Crippen LogP contribution in [0.25, 0.3) is 0 Å². The van der Waals surface area contributed by atoms with Crippen LogP contribution in [0.1, 0.15) is 24.2 Å². The first-order valence-corrected chi connectivity index (χ1v) is 7.11. The normalized spacial score (nSPS) is 17.4. The van der Waals surface area contributed by atoms with Gasteiger partial charge >= 0.3 is 0 Å². The van der Waals surface area contributed by atoms with Crippen molar-refractivity contribution >= 4 is 0 Å². The molecule has 0 unspecified atom stereocenters. The molecule has 0 bridgehead atoms. The molecule has 0 aromatic carbocycles. The van der Waals surface area contributed by atoms with Gasteiger partial charge in [-0.3, -0.25) is 9.88 Å². The van der Waals surface area contributed by atoms with E-state index in [1.807, 2.05) is 18.5 Å². The molecule has 3 heterocycles. The Kier molecular flexibility index (Phi) is 4.40. The summed E-state index contributed by atoms with van der Waals surface area (Å²) in [6.07, 6.45) is 9.87. The topological polar surface area (TPSA) is 54.0 Å². The highest BCUT2D eigenvalue weighted by atomic mass is 16.5. The van der Waals surface area contributed by atoms with E-state index in [2.05, 4.69) is 25.9 Å². The minimum atomic E-state index is 0.364. The van der Waals surface area contributed by atoms with Crippen molar-refractivity contribution in [3.8, 4) is 0 Å². The number of pyridine rings is 1. The van der Waals surface area contributed by atoms with Gasteiger partial charge in [0.05, 0.1) is 19.3 Å². The van der Waals surface area contributed by atoms with Crippen molar-refractivity contribution in [1.29, 1.82) is 0 Å². The SMILES string of the molecule is c1cncc(COC2CCN(Cc3ncc[nH]3)CC2)c1. The Morgan fingerprint density at radius 1 is 1.30 bits per heavy atom. The van der Waals surface area contributed by atoms with Crippen LogP contribution >= 0.6 is 0 Å². The zero-order valence-electron chi connectivity index (χ0n) is 11.5. The molecule has 2 aromatic rings. The van der Waals surface area contributed by atoms with Crippen molar-refractivity contribution in [1.82, 2.24) is 19.9 Å². The lowest BCUT2D eigenvalue weighted by atomic mass is 10.1. The summed E-state index contributed by atoms with van der Waals surface area (Å²) in [5.74, 6) is 1.04. The molecule has 0 aliphatic carbocycles.